The van der Waals surface area contributed by atoms with Crippen molar-refractivity contribution in [3.05, 3.63) is 23.0 Å². The molecule has 1 N–H and O–H groups in total. The molecule has 2 aromatic rings. The van der Waals surface area contributed by atoms with Gasteiger partial charge >= 0.3 is 12.1 Å². The summed E-state index contributed by atoms with van der Waals surface area (Å²) < 4.78 is 49.2. The van der Waals surface area contributed by atoms with Crippen LogP contribution in [0.4, 0.5) is 9.18 Å². The van der Waals surface area contributed by atoms with Gasteiger partial charge in [-0.2, -0.15) is 11.3 Å². The molecule has 0 saturated carbocycles. The van der Waals surface area contributed by atoms with Gasteiger partial charge in [0.2, 0.25) is 0 Å². The number of hydrogen-bond donors (Lipinski definition) is 1. The zero-order valence-corrected chi connectivity index (χ0v) is 36.5. The van der Waals surface area contributed by atoms with Crippen LogP contribution in [0.5, 0.6) is 0 Å². The number of rotatable bonds is 11. The molecule has 0 aliphatic carbocycles. The van der Waals surface area contributed by atoms with E-state index in [4.69, 9.17) is 23.7 Å². The minimum absolute atomic E-state index is 0.00138. The smallest absolute Gasteiger partial charge is 0.410 e. The molecular weight excluding hydrogens is 774 g/mol. The number of amides is 1. The van der Waals surface area contributed by atoms with Gasteiger partial charge in [-0.3, -0.25) is 14.3 Å². The van der Waals surface area contributed by atoms with Crippen molar-refractivity contribution in [3.63, 3.8) is 0 Å². The third-order valence-electron chi connectivity index (χ3n) is 12.6. The average Bonchev–Trinajstić information content (AvgIpc) is 3.94. The number of methoxy groups -OCH3 is 1. The number of aliphatic hydroxyl groups is 1. The number of thiophene rings is 1. The Morgan fingerprint density at radius 1 is 1.07 bits per heavy atom. The van der Waals surface area contributed by atoms with Gasteiger partial charge in [-0.15, -0.1) is 5.10 Å². The number of aromatic nitrogens is 3. The molecule has 3 aliphatic heterocycles. The molecule has 13 atom stereocenters. The summed E-state index contributed by atoms with van der Waals surface area (Å²) in [6.45, 7) is 13.3. The zero-order chi connectivity index (χ0) is 42.9. The van der Waals surface area contributed by atoms with E-state index in [9.17, 15) is 24.3 Å². The third kappa shape index (κ3) is 9.04. The third-order valence-corrected chi connectivity index (χ3v) is 13.3. The largest absolute Gasteiger partial charge is 0.455 e. The fourth-order valence-electron chi connectivity index (χ4n) is 9.22. The number of halogens is 1. The Morgan fingerprint density at radius 3 is 2.38 bits per heavy atom. The van der Waals surface area contributed by atoms with Crippen molar-refractivity contribution in [1.82, 2.24) is 24.8 Å². The molecule has 324 valence electrons. The first-order chi connectivity index (χ1) is 27.2. The number of Topliss-reactive ketones (excluding diaryl/α,β-unsaturated/α-hetero) is 2. The molecule has 5 heterocycles. The molecule has 3 aliphatic rings. The Kier molecular flexibility index (Phi) is 14.3. The average molecular weight is 836 g/mol. The predicted octanol–water partition coefficient (Wildman–Crippen LogP) is 5.08. The van der Waals surface area contributed by atoms with Gasteiger partial charge in [0.05, 0.1) is 30.0 Å². The number of cyclic esters (lactones) is 1. The standard InChI is InChI=1S/C41H62FN5O10S/c1-12-30-41(8)33(47(38(52)57-41)17-14-13-16-46-21-28(43-44-46)27-15-18-58-22-27)25(4)31(48)23(2)20-39(6,53-11)35(26(5)34(50)40(7,42)37(51)55-30)56-36-32(49)29(45(9)10)19-24(3)54-36/h15,18,21-26,29-30,32-33,35-36,49H,12-14,16-17,19-20H2,1-11H3/t23-,24-,25+,26+,29+,30-,32-,33-,35-,36+,39-,40+,41-/m1/s1. The van der Waals surface area contributed by atoms with Crippen molar-refractivity contribution in [3.8, 4) is 11.3 Å². The van der Waals surface area contributed by atoms with Gasteiger partial charge in [0.25, 0.3) is 5.67 Å². The second kappa shape index (κ2) is 18.1. The van der Waals surface area contributed by atoms with Gasteiger partial charge in [-0.05, 0) is 85.3 Å². The number of carbonyl (C=O) groups excluding carboxylic acids is 4. The van der Waals surface area contributed by atoms with Crippen molar-refractivity contribution < 1.29 is 52.4 Å². The highest BCUT2D eigenvalue weighted by molar-refractivity contribution is 7.08. The van der Waals surface area contributed by atoms with Gasteiger partial charge in [0.15, 0.2) is 17.7 Å². The van der Waals surface area contributed by atoms with E-state index in [0.717, 1.165) is 18.2 Å². The van der Waals surface area contributed by atoms with E-state index in [1.807, 2.05) is 48.9 Å². The van der Waals surface area contributed by atoms with Crippen LogP contribution in [-0.4, -0.2) is 141 Å². The Labute approximate surface area is 344 Å². The first kappa shape index (κ1) is 45.7. The lowest BCUT2D eigenvalue weighted by Crippen LogP contribution is -2.61. The second-order valence-corrected chi connectivity index (χ2v) is 18.0. The molecule has 15 nitrogen and oxygen atoms in total. The van der Waals surface area contributed by atoms with E-state index >= 15 is 4.39 Å². The fraction of sp³-hybridized carbons (Fsp3) is 0.756. The van der Waals surface area contributed by atoms with Crippen molar-refractivity contribution in [2.75, 3.05) is 27.7 Å². The van der Waals surface area contributed by atoms with E-state index in [-0.39, 0.29) is 37.3 Å². The first-order valence-electron chi connectivity index (χ1n) is 20.3. The molecule has 3 fully saturated rings. The number of alkyl halides is 1. The van der Waals surface area contributed by atoms with E-state index in [1.165, 1.54) is 18.9 Å². The quantitative estimate of drug-likeness (QED) is 0.181. The van der Waals surface area contributed by atoms with Gasteiger partial charge in [-0.1, -0.05) is 32.9 Å². The van der Waals surface area contributed by atoms with Crippen LogP contribution in [0, 0.1) is 17.8 Å². The van der Waals surface area contributed by atoms with E-state index in [2.05, 4.69) is 10.3 Å². The number of aryl methyl sites for hydroxylation is 1. The molecule has 0 unspecified atom stereocenters. The number of aliphatic hydroxyl groups excluding tert-OH is 1. The summed E-state index contributed by atoms with van der Waals surface area (Å²) in [5, 5.41) is 23.9. The Bertz CT molecular complexity index is 1760. The highest BCUT2D eigenvalue weighted by Gasteiger charge is 2.61. The summed E-state index contributed by atoms with van der Waals surface area (Å²) in [6, 6.07) is 0.683. The van der Waals surface area contributed by atoms with E-state index in [0.29, 0.717) is 25.8 Å². The van der Waals surface area contributed by atoms with Gasteiger partial charge < -0.3 is 38.6 Å². The van der Waals surface area contributed by atoms with Crippen molar-refractivity contribution in [1.29, 1.82) is 0 Å². The van der Waals surface area contributed by atoms with Crippen molar-refractivity contribution in [2.45, 2.75) is 154 Å². The Hall–Kier alpha value is -3.35. The van der Waals surface area contributed by atoms with Crippen LogP contribution in [0.1, 0.15) is 87.5 Å². The molecule has 0 radical (unpaired) electrons. The molecule has 58 heavy (non-hydrogen) atoms. The number of carbonyl (C=O) groups is 4. The van der Waals surface area contributed by atoms with E-state index < -0.39 is 83.1 Å². The predicted molar refractivity (Wildman–Crippen MR) is 212 cm³/mol. The maximum atomic E-state index is 16.9. The minimum Gasteiger partial charge on any atom is -0.455 e. The Morgan fingerprint density at radius 2 is 1.76 bits per heavy atom. The number of ether oxygens (including phenoxy) is 5. The van der Waals surface area contributed by atoms with E-state index in [1.54, 1.807) is 50.6 Å². The number of unbranched alkanes of at least 4 members (excludes halogenated alkanes) is 1. The molecule has 17 heteroatoms. The summed E-state index contributed by atoms with van der Waals surface area (Å²) in [6.07, 6.45) is -2.38. The summed E-state index contributed by atoms with van der Waals surface area (Å²) in [4.78, 5) is 60.0. The highest BCUT2D eigenvalue weighted by atomic mass is 32.1. The SMILES string of the molecule is CC[C@H]1OC(=O)[C@@](C)(F)C(=O)[C@H](C)[C@@H](O[C@@H]2O[C@H](C)C[C@H](N(C)C)[C@H]2O)[C@](C)(OC)C[C@@H](C)C(=O)[C@H](C)[C@H]2N(CCCCn3cc(-c4ccsc4)nn3)C(=O)O[C@]12C. The van der Waals surface area contributed by atoms with Crippen LogP contribution in [0.15, 0.2) is 23.0 Å². The number of ketones is 2. The number of esters is 1. The lowest BCUT2D eigenvalue weighted by Gasteiger charge is -2.47. The van der Waals surface area contributed by atoms with Gasteiger partial charge in [-0.25, -0.2) is 14.0 Å². The topological polar surface area (TPSA) is 172 Å². The number of likely N-dealkylation sites (N-methyl/N-ethyl adjacent to an activating group) is 1. The van der Waals surface area contributed by atoms with Crippen LogP contribution in [0.3, 0.4) is 0 Å². The molecule has 1 amide bonds. The van der Waals surface area contributed by atoms with Crippen LogP contribution in [0.25, 0.3) is 11.3 Å². The molecule has 0 aromatic carbocycles. The minimum atomic E-state index is -3.18. The number of fused-ring (bicyclic) bond motifs is 1. The molecule has 0 spiro atoms. The summed E-state index contributed by atoms with van der Waals surface area (Å²) in [7, 11) is 5.05. The number of nitrogens with zero attached hydrogens (tertiary/aromatic N) is 5. The Balaban J connectivity index is 1.47. The van der Waals surface area contributed by atoms with Crippen molar-refractivity contribution >= 4 is 35.0 Å². The highest BCUT2D eigenvalue weighted by Crippen LogP contribution is 2.44. The number of hydrogen-bond acceptors (Lipinski definition) is 14. The molecule has 2 aromatic heterocycles. The summed E-state index contributed by atoms with van der Waals surface area (Å²) >= 11 is 1.57. The lowest BCUT2D eigenvalue weighted by atomic mass is 9.73. The van der Waals surface area contributed by atoms with Gasteiger partial charge in [0, 0.05) is 54.9 Å². The van der Waals surface area contributed by atoms with Gasteiger partial charge in [0.1, 0.15) is 23.7 Å². The summed E-state index contributed by atoms with van der Waals surface area (Å²) in [5.41, 5.74) is -4.47. The first-order valence-corrected chi connectivity index (χ1v) is 21.2. The van der Waals surface area contributed by atoms with Crippen molar-refractivity contribution in [2.24, 2.45) is 17.8 Å². The summed E-state index contributed by atoms with van der Waals surface area (Å²) in [5.74, 6) is -5.79. The molecule has 3 saturated heterocycles. The molecule has 5 rings (SSSR count). The normalized spacial score (nSPS) is 38.1. The molecular formula is C41H62FN5O10S. The maximum Gasteiger partial charge on any atom is 0.410 e. The van der Waals surface area contributed by atoms with Crippen LogP contribution in [-0.2, 0) is 44.6 Å². The van der Waals surface area contributed by atoms with Crippen LogP contribution < -0.4 is 0 Å². The fourth-order valence-corrected chi connectivity index (χ4v) is 9.87. The second-order valence-electron chi connectivity index (χ2n) is 17.2. The van der Waals surface area contributed by atoms with Crippen LogP contribution in [0.2, 0.25) is 0 Å². The lowest BCUT2D eigenvalue weighted by molar-refractivity contribution is -0.295. The van der Waals surface area contributed by atoms with Crippen LogP contribution >= 0.6 is 11.3 Å². The zero-order valence-electron chi connectivity index (χ0n) is 35.7. The monoisotopic (exact) mass is 835 g/mol. The maximum absolute atomic E-state index is 16.9. The molecule has 0 bridgehead atoms.